The van der Waals surface area contributed by atoms with Crippen LogP contribution in [0.3, 0.4) is 0 Å². The average Bonchev–Trinajstić information content (AvgIpc) is 3.37. The van der Waals surface area contributed by atoms with Gasteiger partial charge in [0.2, 0.25) is 0 Å². The van der Waals surface area contributed by atoms with Crippen LogP contribution >= 0.6 is 0 Å². The summed E-state index contributed by atoms with van der Waals surface area (Å²) in [6.07, 6.45) is 5.03. The highest BCUT2D eigenvalue weighted by atomic mass is 16.1. The third-order valence-electron chi connectivity index (χ3n) is 4.34. The Kier molecular flexibility index (Phi) is 3.28. The van der Waals surface area contributed by atoms with Gasteiger partial charge in [0.1, 0.15) is 11.5 Å². The van der Waals surface area contributed by atoms with Crippen molar-refractivity contribution in [3.63, 3.8) is 0 Å². The Hall–Kier alpha value is -2.86. The molecule has 3 N–H and O–H groups in total. The average molecular weight is 319 g/mol. The zero-order valence-corrected chi connectivity index (χ0v) is 13.3. The fourth-order valence-corrected chi connectivity index (χ4v) is 2.69. The molecule has 1 aromatic carbocycles. The molecule has 1 aliphatic rings. The van der Waals surface area contributed by atoms with E-state index < -0.39 is 5.54 Å². The fourth-order valence-electron chi connectivity index (χ4n) is 2.69. The number of aromatic nitrogens is 3. The van der Waals surface area contributed by atoms with Crippen LogP contribution in [-0.4, -0.2) is 20.9 Å². The molecular formula is C18H17N5O. The Labute approximate surface area is 139 Å². The summed E-state index contributed by atoms with van der Waals surface area (Å²) >= 11 is 0. The van der Waals surface area contributed by atoms with Gasteiger partial charge in [-0.2, -0.15) is 0 Å². The van der Waals surface area contributed by atoms with E-state index in [4.69, 9.17) is 5.73 Å². The Morgan fingerprint density at radius 1 is 1.17 bits per heavy atom. The van der Waals surface area contributed by atoms with Crippen LogP contribution in [0, 0.1) is 6.92 Å². The van der Waals surface area contributed by atoms with Gasteiger partial charge in [-0.25, -0.2) is 9.97 Å². The molecule has 0 atom stereocenters. The molecule has 3 aromatic rings. The predicted molar refractivity (Wildman–Crippen MR) is 91.6 cm³/mol. The highest BCUT2D eigenvalue weighted by Crippen LogP contribution is 2.40. The van der Waals surface area contributed by atoms with Crippen molar-refractivity contribution in [2.45, 2.75) is 25.3 Å². The SMILES string of the molecule is Cc1ccc(NC(=O)c2ccnc(C3(N)CC3)n2)c2cccnc12. The van der Waals surface area contributed by atoms with Gasteiger partial charge in [0.05, 0.1) is 16.7 Å². The molecule has 0 spiro atoms. The van der Waals surface area contributed by atoms with Crippen LogP contribution in [0.5, 0.6) is 0 Å². The van der Waals surface area contributed by atoms with Crippen molar-refractivity contribution in [2.75, 3.05) is 5.32 Å². The molecule has 0 radical (unpaired) electrons. The van der Waals surface area contributed by atoms with Gasteiger partial charge >= 0.3 is 0 Å². The van der Waals surface area contributed by atoms with Crippen LogP contribution in [0.15, 0.2) is 42.7 Å². The van der Waals surface area contributed by atoms with E-state index in [1.54, 1.807) is 18.5 Å². The lowest BCUT2D eigenvalue weighted by atomic mass is 10.1. The summed E-state index contributed by atoms with van der Waals surface area (Å²) in [6, 6.07) is 9.21. The number of hydrogen-bond acceptors (Lipinski definition) is 5. The van der Waals surface area contributed by atoms with E-state index in [0.717, 1.165) is 29.3 Å². The van der Waals surface area contributed by atoms with Gasteiger partial charge in [-0.15, -0.1) is 0 Å². The minimum absolute atomic E-state index is 0.281. The standard InChI is InChI=1S/C18H17N5O/c1-11-4-5-13(12-3-2-9-20-15(11)12)22-16(24)14-6-10-21-17(23-14)18(19)7-8-18/h2-6,9-10H,7-8,19H2,1H3,(H,22,24). The lowest BCUT2D eigenvalue weighted by Gasteiger charge is -2.11. The first-order valence-electron chi connectivity index (χ1n) is 7.85. The van der Waals surface area contributed by atoms with Crippen molar-refractivity contribution in [3.05, 3.63) is 59.8 Å². The van der Waals surface area contributed by atoms with Crippen molar-refractivity contribution in [1.82, 2.24) is 15.0 Å². The molecule has 0 saturated heterocycles. The molecule has 1 fully saturated rings. The number of nitrogens with two attached hydrogens (primary N) is 1. The number of nitrogens with one attached hydrogen (secondary N) is 1. The van der Waals surface area contributed by atoms with E-state index in [1.165, 1.54) is 0 Å². The summed E-state index contributed by atoms with van der Waals surface area (Å²) in [4.78, 5) is 25.5. The van der Waals surface area contributed by atoms with Crippen LogP contribution in [0.2, 0.25) is 0 Å². The first kappa shape index (κ1) is 14.7. The van der Waals surface area contributed by atoms with Crippen molar-refractivity contribution < 1.29 is 4.79 Å². The topological polar surface area (TPSA) is 93.8 Å². The minimum Gasteiger partial charge on any atom is -0.320 e. The summed E-state index contributed by atoms with van der Waals surface area (Å²) in [7, 11) is 0. The quantitative estimate of drug-likeness (QED) is 0.773. The Morgan fingerprint density at radius 3 is 2.79 bits per heavy atom. The summed E-state index contributed by atoms with van der Waals surface area (Å²) in [6.45, 7) is 1.99. The highest BCUT2D eigenvalue weighted by molar-refractivity contribution is 6.08. The molecule has 2 heterocycles. The number of nitrogens with zero attached hydrogens (tertiary/aromatic N) is 3. The second-order valence-corrected chi connectivity index (χ2v) is 6.21. The second kappa shape index (κ2) is 5.35. The van der Waals surface area contributed by atoms with E-state index in [2.05, 4.69) is 20.3 Å². The van der Waals surface area contributed by atoms with Gasteiger partial charge in [-0.1, -0.05) is 6.07 Å². The molecule has 2 aromatic heterocycles. The number of rotatable bonds is 3. The lowest BCUT2D eigenvalue weighted by Crippen LogP contribution is -2.24. The highest BCUT2D eigenvalue weighted by Gasteiger charge is 2.43. The van der Waals surface area contributed by atoms with Crippen LogP contribution < -0.4 is 11.1 Å². The molecule has 24 heavy (non-hydrogen) atoms. The largest absolute Gasteiger partial charge is 0.320 e. The summed E-state index contributed by atoms with van der Waals surface area (Å²) in [5.41, 5.74) is 8.61. The molecule has 6 nitrogen and oxygen atoms in total. The second-order valence-electron chi connectivity index (χ2n) is 6.21. The van der Waals surface area contributed by atoms with Gasteiger partial charge in [-0.05, 0) is 49.6 Å². The molecule has 4 rings (SSSR count). The van der Waals surface area contributed by atoms with Crippen LogP contribution in [0.1, 0.15) is 34.7 Å². The van der Waals surface area contributed by atoms with E-state index in [-0.39, 0.29) is 5.91 Å². The molecule has 1 amide bonds. The van der Waals surface area contributed by atoms with Gasteiger partial charge in [0.15, 0.2) is 0 Å². The number of amides is 1. The molecule has 1 aliphatic carbocycles. The number of fused-ring (bicyclic) bond motifs is 1. The maximum atomic E-state index is 12.6. The first-order valence-corrected chi connectivity index (χ1v) is 7.85. The number of anilines is 1. The van der Waals surface area contributed by atoms with Crippen LogP contribution in [0.4, 0.5) is 5.69 Å². The molecule has 6 heteroatoms. The summed E-state index contributed by atoms with van der Waals surface area (Å²) in [5.74, 6) is 0.252. The zero-order valence-electron chi connectivity index (χ0n) is 13.3. The first-order chi connectivity index (χ1) is 11.6. The van der Waals surface area contributed by atoms with E-state index >= 15 is 0 Å². The molecule has 1 saturated carbocycles. The number of carbonyl (C=O) groups is 1. The Balaban J connectivity index is 1.67. The van der Waals surface area contributed by atoms with Gasteiger partial charge in [0, 0.05) is 17.8 Å². The number of carbonyl (C=O) groups excluding carboxylic acids is 1. The van der Waals surface area contributed by atoms with Gasteiger partial charge < -0.3 is 11.1 Å². The zero-order chi connectivity index (χ0) is 16.7. The number of hydrogen-bond donors (Lipinski definition) is 2. The summed E-state index contributed by atoms with van der Waals surface area (Å²) in [5, 5.41) is 3.82. The molecule has 0 unspecified atom stereocenters. The van der Waals surface area contributed by atoms with Crippen molar-refractivity contribution in [2.24, 2.45) is 5.73 Å². The monoisotopic (exact) mass is 319 g/mol. The normalized spacial score (nSPS) is 15.2. The van der Waals surface area contributed by atoms with E-state index in [1.807, 2.05) is 31.2 Å². The minimum atomic E-state index is -0.462. The Bertz CT molecular complexity index is 949. The smallest absolute Gasteiger partial charge is 0.274 e. The molecule has 120 valence electrons. The number of pyridine rings is 1. The maximum Gasteiger partial charge on any atom is 0.274 e. The van der Waals surface area contributed by atoms with Crippen LogP contribution in [-0.2, 0) is 5.54 Å². The third-order valence-corrected chi connectivity index (χ3v) is 4.34. The van der Waals surface area contributed by atoms with E-state index in [0.29, 0.717) is 17.2 Å². The van der Waals surface area contributed by atoms with Gasteiger partial charge in [-0.3, -0.25) is 9.78 Å². The molecular weight excluding hydrogens is 302 g/mol. The van der Waals surface area contributed by atoms with Crippen LogP contribution in [0.25, 0.3) is 10.9 Å². The third kappa shape index (κ3) is 2.51. The fraction of sp³-hybridized carbons (Fsp3) is 0.222. The van der Waals surface area contributed by atoms with E-state index in [9.17, 15) is 4.79 Å². The van der Waals surface area contributed by atoms with Gasteiger partial charge in [0.25, 0.3) is 5.91 Å². The molecule has 0 aliphatic heterocycles. The summed E-state index contributed by atoms with van der Waals surface area (Å²) < 4.78 is 0. The number of benzene rings is 1. The molecule has 0 bridgehead atoms. The Morgan fingerprint density at radius 2 is 2.00 bits per heavy atom. The maximum absolute atomic E-state index is 12.6. The lowest BCUT2D eigenvalue weighted by molar-refractivity contribution is 0.102. The van der Waals surface area contributed by atoms with Crippen molar-refractivity contribution in [3.8, 4) is 0 Å². The van der Waals surface area contributed by atoms with Crippen molar-refractivity contribution in [1.29, 1.82) is 0 Å². The predicted octanol–water partition coefficient (Wildman–Crippen LogP) is 2.53. The number of aryl methyl sites for hydroxylation is 1. The van der Waals surface area contributed by atoms with Crippen molar-refractivity contribution >= 4 is 22.5 Å².